The Balaban J connectivity index is 1.96. The van der Waals surface area contributed by atoms with Crippen LogP contribution in [0, 0.1) is 6.92 Å². The molecule has 2 heterocycles. The number of rotatable bonds is 3. The number of aryl methyl sites for hydroxylation is 1. The second-order valence-electron chi connectivity index (χ2n) is 8.20. The molecule has 0 atom stereocenters. The van der Waals surface area contributed by atoms with Gasteiger partial charge < -0.3 is 9.15 Å². The summed E-state index contributed by atoms with van der Waals surface area (Å²) >= 11 is 0. The second kappa shape index (κ2) is 5.74. The molecule has 0 fully saturated rings. The van der Waals surface area contributed by atoms with Crippen LogP contribution in [0.4, 0.5) is 0 Å². The molecule has 1 aromatic heterocycles. The number of methoxy groups -OCH3 is 1. The van der Waals surface area contributed by atoms with Crippen molar-refractivity contribution in [3.63, 3.8) is 0 Å². The number of furan rings is 1. The standard InChI is InChI=1S/C19H26O3Si2/c1-13-9-17-18(24(5,6)12-23(17,3)4)11-14(13)10-15-7-8-16(22-15)19(20)21-2/h7-9,11H,10,12H2,1-6H3. The maximum absolute atomic E-state index is 11.6. The molecule has 1 aliphatic heterocycles. The van der Waals surface area contributed by atoms with Gasteiger partial charge in [-0.2, -0.15) is 0 Å². The third kappa shape index (κ3) is 2.91. The Labute approximate surface area is 146 Å². The van der Waals surface area contributed by atoms with Crippen molar-refractivity contribution in [3.8, 4) is 0 Å². The van der Waals surface area contributed by atoms with E-state index in [2.05, 4.69) is 45.2 Å². The summed E-state index contributed by atoms with van der Waals surface area (Å²) in [6.07, 6.45) is 0.725. The van der Waals surface area contributed by atoms with Crippen molar-refractivity contribution in [1.82, 2.24) is 0 Å². The Kier molecular flexibility index (Phi) is 4.12. The lowest BCUT2D eigenvalue weighted by Crippen LogP contribution is -2.44. The predicted octanol–water partition coefficient (Wildman–Crippen LogP) is 3.35. The van der Waals surface area contributed by atoms with E-state index in [4.69, 9.17) is 9.15 Å². The Morgan fingerprint density at radius 2 is 1.75 bits per heavy atom. The van der Waals surface area contributed by atoms with Crippen LogP contribution in [0.1, 0.15) is 27.4 Å². The zero-order valence-electron chi connectivity index (χ0n) is 15.4. The van der Waals surface area contributed by atoms with Crippen molar-refractivity contribution < 1.29 is 13.9 Å². The smallest absolute Gasteiger partial charge is 0.373 e. The van der Waals surface area contributed by atoms with E-state index in [1.807, 2.05) is 6.07 Å². The van der Waals surface area contributed by atoms with Crippen LogP contribution in [0.5, 0.6) is 0 Å². The predicted molar refractivity (Wildman–Crippen MR) is 103 cm³/mol. The van der Waals surface area contributed by atoms with Crippen LogP contribution in [-0.4, -0.2) is 29.2 Å². The first-order chi connectivity index (χ1) is 11.1. The molecule has 0 radical (unpaired) electrons. The van der Waals surface area contributed by atoms with Crippen molar-refractivity contribution in [2.75, 3.05) is 7.11 Å². The summed E-state index contributed by atoms with van der Waals surface area (Å²) in [5.41, 5.74) is 4.08. The number of carbonyl (C=O) groups is 1. The quantitative estimate of drug-likeness (QED) is 0.624. The molecule has 0 amide bonds. The van der Waals surface area contributed by atoms with Crippen LogP contribution >= 0.6 is 0 Å². The zero-order valence-corrected chi connectivity index (χ0v) is 17.4. The summed E-state index contributed by atoms with van der Waals surface area (Å²) < 4.78 is 10.4. The first kappa shape index (κ1) is 17.2. The highest BCUT2D eigenvalue weighted by atomic mass is 28.4. The molecule has 0 spiro atoms. The van der Waals surface area contributed by atoms with E-state index in [9.17, 15) is 4.79 Å². The molecule has 5 heteroatoms. The fourth-order valence-electron chi connectivity index (χ4n) is 4.23. The van der Waals surface area contributed by atoms with E-state index < -0.39 is 22.1 Å². The second-order valence-corrected chi connectivity index (χ2v) is 18.2. The van der Waals surface area contributed by atoms with E-state index >= 15 is 0 Å². The molecule has 2 aromatic rings. The molecule has 1 aliphatic rings. The molecule has 128 valence electrons. The number of fused-ring (bicyclic) bond motifs is 1. The van der Waals surface area contributed by atoms with Crippen LogP contribution < -0.4 is 10.4 Å². The van der Waals surface area contributed by atoms with E-state index in [1.165, 1.54) is 23.9 Å². The average Bonchev–Trinajstić information content (AvgIpc) is 3.01. The average molecular weight is 359 g/mol. The fourth-order valence-corrected chi connectivity index (χ4v) is 19.4. The normalized spacial score (nSPS) is 17.6. The molecule has 0 bridgehead atoms. The van der Waals surface area contributed by atoms with Gasteiger partial charge in [-0.25, -0.2) is 4.79 Å². The lowest BCUT2D eigenvalue weighted by atomic mass is 10.0. The minimum atomic E-state index is -1.33. The first-order valence-electron chi connectivity index (χ1n) is 8.45. The Morgan fingerprint density at radius 3 is 2.38 bits per heavy atom. The summed E-state index contributed by atoms with van der Waals surface area (Å²) in [4.78, 5) is 11.6. The summed E-state index contributed by atoms with van der Waals surface area (Å²) in [6, 6.07) is 8.43. The van der Waals surface area contributed by atoms with Crippen LogP contribution in [-0.2, 0) is 11.2 Å². The van der Waals surface area contributed by atoms with Crippen molar-refractivity contribution in [1.29, 1.82) is 0 Å². The molecule has 0 unspecified atom stereocenters. The van der Waals surface area contributed by atoms with Crippen molar-refractivity contribution in [2.45, 2.75) is 45.2 Å². The van der Waals surface area contributed by atoms with Crippen LogP contribution in [0.25, 0.3) is 0 Å². The number of esters is 1. The third-order valence-electron chi connectivity index (χ3n) is 5.23. The summed E-state index contributed by atoms with van der Waals surface area (Å²) in [5.74, 6) is 0.662. The molecule has 0 aliphatic carbocycles. The van der Waals surface area contributed by atoms with Gasteiger partial charge >= 0.3 is 5.97 Å². The molecular formula is C19H26O3Si2. The van der Waals surface area contributed by atoms with Crippen LogP contribution in [0.3, 0.4) is 0 Å². The largest absolute Gasteiger partial charge is 0.463 e. The lowest BCUT2D eigenvalue weighted by Gasteiger charge is -2.19. The monoisotopic (exact) mass is 358 g/mol. The highest BCUT2D eigenvalue weighted by molar-refractivity contribution is 7.14. The van der Waals surface area contributed by atoms with Crippen molar-refractivity contribution in [3.05, 3.63) is 46.9 Å². The summed E-state index contributed by atoms with van der Waals surface area (Å²) in [7, 11) is -1.24. The van der Waals surface area contributed by atoms with E-state index in [0.29, 0.717) is 0 Å². The van der Waals surface area contributed by atoms with Gasteiger partial charge in [0.1, 0.15) is 5.76 Å². The molecule has 0 saturated carbocycles. The first-order valence-corrected chi connectivity index (χ1v) is 14.9. The minimum Gasteiger partial charge on any atom is -0.463 e. The van der Waals surface area contributed by atoms with Gasteiger partial charge in [0.25, 0.3) is 0 Å². The lowest BCUT2D eigenvalue weighted by molar-refractivity contribution is 0.0563. The minimum absolute atomic E-state index is 0.273. The van der Waals surface area contributed by atoms with Gasteiger partial charge in [0, 0.05) is 6.42 Å². The SMILES string of the molecule is COC(=O)c1ccc(Cc2cc3c(cc2C)[Si](C)(C)C[Si]3(C)C)o1. The number of hydrogen-bond acceptors (Lipinski definition) is 3. The number of carbonyl (C=O) groups excluding carboxylic acids is 1. The van der Waals surface area contributed by atoms with Gasteiger partial charge in [-0.3, -0.25) is 0 Å². The Hall–Kier alpha value is -1.60. The van der Waals surface area contributed by atoms with Gasteiger partial charge in [-0.05, 0) is 30.2 Å². The fraction of sp³-hybridized carbons (Fsp3) is 0.421. The highest BCUT2D eigenvalue weighted by Crippen LogP contribution is 2.28. The molecule has 0 saturated heterocycles. The molecular weight excluding hydrogens is 332 g/mol. The Morgan fingerprint density at radius 1 is 1.12 bits per heavy atom. The maximum atomic E-state index is 11.6. The topological polar surface area (TPSA) is 39.4 Å². The molecule has 0 N–H and O–H groups in total. The van der Waals surface area contributed by atoms with Crippen molar-refractivity contribution in [2.24, 2.45) is 0 Å². The van der Waals surface area contributed by atoms with Crippen LogP contribution in [0.2, 0.25) is 31.9 Å². The van der Waals surface area contributed by atoms with Gasteiger partial charge in [-0.15, -0.1) is 0 Å². The van der Waals surface area contributed by atoms with Gasteiger partial charge in [0.2, 0.25) is 5.76 Å². The van der Waals surface area contributed by atoms with E-state index in [1.54, 1.807) is 16.4 Å². The van der Waals surface area contributed by atoms with Gasteiger partial charge in [0.15, 0.2) is 0 Å². The molecule has 24 heavy (non-hydrogen) atoms. The summed E-state index contributed by atoms with van der Waals surface area (Å²) in [6.45, 7) is 12.2. The zero-order chi connectivity index (χ0) is 17.7. The number of ether oxygens (including phenoxy) is 1. The van der Waals surface area contributed by atoms with Gasteiger partial charge in [-0.1, -0.05) is 54.4 Å². The number of benzene rings is 1. The molecule has 3 rings (SSSR count). The van der Waals surface area contributed by atoms with Crippen molar-refractivity contribution >= 4 is 32.5 Å². The van der Waals surface area contributed by atoms with Gasteiger partial charge in [0.05, 0.1) is 23.3 Å². The van der Waals surface area contributed by atoms with E-state index in [0.717, 1.165) is 12.2 Å². The third-order valence-corrected chi connectivity index (χ3v) is 16.3. The Bertz CT molecular complexity index is 803. The highest BCUT2D eigenvalue weighted by Gasteiger charge is 2.44. The molecule has 3 nitrogen and oxygen atoms in total. The number of hydrogen-bond donors (Lipinski definition) is 0. The maximum Gasteiger partial charge on any atom is 0.373 e. The van der Waals surface area contributed by atoms with E-state index in [-0.39, 0.29) is 5.76 Å². The molecule has 1 aromatic carbocycles. The van der Waals surface area contributed by atoms with Crippen LogP contribution in [0.15, 0.2) is 28.7 Å². The summed E-state index contributed by atoms with van der Waals surface area (Å²) in [5, 5.41) is 3.30.